The average molecular weight is 383 g/mol. The number of carbonyl (C=O) groups is 4. The van der Waals surface area contributed by atoms with Crippen LogP contribution < -0.4 is 21.7 Å². The summed E-state index contributed by atoms with van der Waals surface area (Å²) in [5.74, 6) is -3.63. The molecule has 1 aliphatic rings. The van der Waals surface area contributed by atoms with Crippen molar-refractivity contribution in [3.63, 3.8) is 0 Å². The van der Waals surface area contributed by atoms with E-state index in [1.54, 1.807) is 18.2 Å². The van der Waals surface area contributed by atoms with Crippen molar-refractivity contribution >= 4 is 45.2 Å². The van der Waals surface area contributed by atoms with E-state index in [2.05, 4.69) is 21.2 Å². The quantitative estimate of drug-likeness (QED) is 0.577. The van der Waals surface area contributed by atoms with Crippen LogP contribution in [0.2, 0.25) is 0 Å². The Kier molecular flexibility index (Phi) is 4.99. The van der Waals surface area contributed by atoms with E-state index in [1.165, 1.54) is 4.90 Å². The van der Waals surface area contributed by atoms with Gasteiger partial charge in [0.15, 0.2) is 6.04 Å². The van der Waals surface area contributed by atoms with Crippen LogP contribution in [-0.4, -0.2) is 36.2 Å². The van der Waals surface area contributed by atoms with E-state index in [1.807, 2.05) is 6.07 Å². The molecule has 2 rings (SSSR count). The summed E-state index contributed by atoms with van der Waals surface area (Å²) in [6.07, 6.45) is -0.0303. The molecule has 1 saturated heterocycles. The van der Waals surface area contributed by atoms with E-state index < -0.39 is 29.7 Å². The fourth-order valence-corrected chi connectivity index (χ4v) is 2.83. The van der Waals surface area contributed by atoms with Crippen LogP contribution in [0.4, 0.5) is 5.69 Å². The standard InChI is InChI=1S/C14H15BrN4O4/c15-8-3-1-2-4-9(8)19-6-7(5-10(19)20)14(23)18-11(12(16)21)13(17)22/h1-4,7,11H,5-6H2,(H2,16,21)(H2,17,22)(H,18,23)/t7-/m0/s1. The Morgan fingerprint density at radius 3 is 2.39 bits per heavy atom. The minimum Gasteiger partial charge on any atom is -0.367 e. The van der Waals surface area contributed by atoms with Gasteiger partial charge in [0, 0.05) is 17.4 Å². The molecule has 1 aromatic rings. The second-order valence-electron chi connectivity index (χ2n) is 5.10. The molecule has 0 radical (unpaired) electrons. The summed E-state index contributed by atoms with van der Waals surface area (Å²) in [5, 5.41) is 2.19. The third-order valence-corrected chi connectivity index (χ3v) is 4.17. The molecular formula is C14H15BrN4O4. The number of nitrogens with zero attached hydrogens (tertiary/aromatic N) is 1. The predicted octanol–water partition coefficient (Wildman–Crippen LogP) is -0.743. The van der Waals surface area contributed by atoms with Gasteiger partial charge in [-0.2, -0.15) is 0 Å². The number of anilines is 1. The molecule has 1 aliphatic heterocycles. The number of hydrogen-bond acceptors (Lipinski definition) is 4. The Labute approximate surface area is 140 Å². The van der Waals surface area contributed by atoms with Gasteiger partial charge < -0.3 is 21.7 Å². The number of benzene rings is 1. The van der Waals surface area contributed by atoms with Crippen molar-refractivity contribution in [2.45, 2.75) is 12.5 Å². The fourth-order valence-electron chi connectivity index (χ4n) is 2.33. The van der Waals surface area contributed by atoms with E-state index in [9.17, 15) is 19.2 Å². The number of para-hydroxylation sites is 1. The molecule has 8 nitrogen and oxygen atoms in total. The van der Waals surface area contributed by atoms with Gasteiger partial charge >= 0.3 is 0 Å². The second kappa shape index (κ2) is 6.78. The van der Waals surface area contributed by atoms with Crippen molar-refractivity contribution in [1.29, 1.82) is 0 Å². The van der Waals surface area contributed by atoms with Gasteiger partial charge in [-0.3, -0.25) is 19.2 Å². The van der Waals surface area contributed by atoms with Crippen LogP contribution in [0.15, 0.2) is 28.7 Å². The summed E-state index contributed by atoms with van der Waals surface area (Å²) < 4.78 is 0.724. The van der Waals surface area contributed by atoms with Crippen LogP contribution in [0.5, 0.6) is 0 Å². The molecule has 23 heavy (non-hydrogen) atoms. The zero-order valence-electron chi connectivity index (χ0n) is 12.0. The number of rotatable bonds is 5. The highest BCUT2D eigenvalue weighted by atomic mass is 79.9. The van der Waals surface area contributed by atoms with Crippen LogP contribution >= 0.6 is 15.9 Å². The first-order valence-electron chi connectivity index (χ1n) is 6.75. The lowest BCUT2D eigenvalue weighted by atomic mass is 10.1. The van der Waals surface area contributed by atoms with Crippen molar-refractivity contribution in [2.75, 3.05) is 11.4 Å². The zero-order chi connectivity index (χ0) is 17.1. The number of amides is 4. The Morgan fingerprint density at radius 2 is 1.83 bits per heavy atom. The number of carbonyl (C=O) groups excluding carboxylic acids is 4. The predicted molar refractivity (Wildman–Crippen MR) is 84.9 cm³/mol. The first-order valence-corrected chi connectivity index (χ1v) is 7.54. The maximum atomic E-state index is 12.2. The van der Waals surface area contributed by atoms with Gasteiger partial charge in [-0.15, -0.1) is 0 Å². The van der Waals surface area contributed by atoms with Crippen LogP contribution in [0.25, 0.3) is 0 Å². The maximum absolute atomic E-state index is 12.2. The van der Waals surface area contributed by atoms with Gasteiger partial charge in [0.05, 0.1) is 11.6 Å². The Morgan fingerprint density at radius 1 is 1.22 bits per heavy atom. The third-order valence-electron chi connectivity index (χ3n) is 3.49. The van der Waals surface area contributed by atoms with Gasteiger partial charge in [-0.25, -0.2) is 0 Å². The van der Waals surface area contributed by atoms with Crippen LogP contribution in [-0.2, 0) is 19.2 Å². The summed E-state index contributed by atoms with van der Waals surface area (Å²) in [6.45, 7) is 0.136. The van der Waals surface area contributed by atoms with Crippen LogP contribution in [0.3, 0.4) is 0 Å². The number of halogens is 1. The minimum absolute atomic E-state index is 0.0303. The lowest BCUT2D eigenvalue weighted by molar-refractivity contribution is -0.135. The zero-order valence-corrected chi connectivity index (χ0v) is 13.6. The summed E-state index contributed by atoms with van der Waals surface area (Å²) >= 11 is 3.35. The van der Waals surface area contributed by atoms with Crippen LogP contribution in [0, 0.1) is 5.92 Å². The van der Waals surface area contributed by atoms with Gasteiger partial charge in [-0.05, 0) is 28.1 Å². The van der Waals surface area contributed by atoms with Crippen molar-refractivity contribution in [1.82, 2.24) is 5.32 Å². The van der Waals surface area contributed by atoms with Crippen molar-refractivity contribution < 1.29 is 19.2 Å². The molecule has 1 aromatic carbocycles. The van der Waals surface area contributed by atoms with Crippen molar-refractivity contribution in [3.8, 4) is 0 Å². The first kappa shape index (κ1) is 16.9. The molecule has 0 spiro atoms. The second-order valence-corrected chi connectivity index (χ2v) is 5.96. The molecule has 1 heterocycles. The molecule has 4 amide bonds. The van der Waals surface area contributed by atoms with E-state index >= 15 is 0 Å². The number of hydrogen-bond donors (Lipinski definition) is 3. The highest BCUT2D eigenvalue weighted by Gasteiger charge is 2.37. The van der Waals surface area contributed by atoms with Gasteiger partial charge in [0.25, 0.3) is 0 Å². The Balaban J connectivity index is 2.10. The maximum Gasteiger partial charge on any atom is 0.249 e. The molecule has 0 saturated carbocycles. The summed E-state index contributed by atoms with van der Waals surface area (Å²) in [6, 6.07) is 5.53. The number of primary amides is 2. The molecule has 0 aliphatic carbocycles. The van der Waals surface area contributed by atoms with Crippen LogP contribution in [0.1, 0.15) is 6.42 Å². The topological polar surface area (TPSA) is 136 Å². The lowest BCUT2D eigenvalue weighted by Gasteiger charge is -2.19. The highest BCUT2D eigenvalue weighted by molar-refractivity contribution is 9.10. The molecule has 0 bridgehead atoms. The van der Waals surface area contributed by atoms with E-state index in [-0.39, 0.29) is 18.9 Å². The molecule has 1 atom stereocenters. The summed E-state index contributed by atoms with van der Waals surface area (Å²) in [5.41, 5.74) is 10.7. The molecule has 122 valence electrons. The number of nitrogens with one attached hydrogen (secondary N) is 1. The smallest absolute Gasteiger partial charge is 0.249 e. The van der Waals surface area contributed by atoms with Gasteiger partial charge in [0.1, 0.15) is 0 Å². The van der Waals surface area contributed by atoms with E-state index in [0.29, 0.717) is 5.69 Å². The molecule has 1 fully saturated rings. The molecule has 5 N–H and O–H groups in total. The normalized spacial score (nSPS) is 17.4. The highest BCUT2D eigenvalue weighted by Crippen LogP contribution is 2.31. The minimum atomic E-state index is -1.59. The molecule has 9 heteroatoms. The van der Waals surface area contributed by atoms with Gasteiger partial charge in [-0.1, -0.05) is 12.1 Å². The third kappa shape index (κ3) is 3.67. The van der Waals surface area contributed by atoms with Crippen molar-refractivity contribution in [2.24, 2.45) is 17.4 Å². The largest absolute Gasteiger partial charge is 0.367 e. The average Bonchev–Trinajstić information content (AvgIpc) is 2.86. The van der Waals surface area contributed by atoms with E-state index in [4.69, 9.17) is 11.5 Å². The monoisotopic (exact) mass is 382 g/mol. The molecular weight excluding hydrogens is 368 g/mol. The Hall–Kier alpha value is -2.42. The lowest BCUT2D eigenvalue weighted by Crippen LogP contribution is -2.54. The fraction of sp³-hybridized carbons (Fsp3) is 0.286. The van der Waals surface area contributed by atoms with E-state index in [0.717, 1.165) is 4.47 Å². The molecule has 0 aromatic heterocycles. The summed E-state index contributed by atoms with van der Waals surface area (Å²) in [4.78, 5) is 48.0. The van der Waals surface area contributed by atoms with Crippen molar-refractivity contribution in [3.05, 3.63) is 28.7 Å². The first-order chi connectivity index (χ1) is 10.8. The summed E-state index contributed by atoms with van der Waals surface area (Å²) in [7, 11) is 0. The van der Waals surface area contributed by atoms with Gasteiger partial charge in [0.2, 0.25) is 23.6 Å². The SMILES string of the molecule is NC(=O)C(NC(=O)[C@H]1CC(=O)N(c2ccccc2Br)C1)C(N)=O. The molecule has 0 unspecified atom stereocenters. The number of nitrogens with two attached hydrogens (primary N) is 2. The Bertz CT molecular complexity index is 664.